The van der Waals surface area contributed by atoms with Crippen LogP contribution in [0.25, 0.3) is 11.3 Å². The van der Waals surface area contributed by atoms with Crippen molar-refractivity contribution in [3.05, 3.63) is 84.6 Å². The van der Waals surface area contributed by atoms with E-state index in [2.05, 4.69) is 15.4 Å². The van der Waals surface area contributed by atoms with E-state index in [1.807, 2.05) is 65.3 Å². The van der Waals surface area contributed by atoms with Gasteiger partial charge in [0.25, 0.3) is 5.91 Å². The first-order valence-corrected chi connectivity index (χ1v) is 7.60. The third kappa shape index (κ3) is 2.77. The highest BCUT2D eigenvalue weighted by molar-refractivity contribution is 5.93. The van der Waals surface area contributed by atoms with Crippen molar-refractivity contribution in [3.63, 3.8) is 0 Å². The molecule has 3 heterocycles. The van der Waals surface area contributed by atoms with Crippen LogP contribution in [-0.4, -0.2) is 25.1 Å². The number of aromatic nitrogens is 4. The van der Waals surface area contributed by atoms with Crippen molar-refractivity contribution in [3.8, 4) is 5.69 Å². The van der Waals surface area contributed by atoms with Crippen LogP contribution >= 0.6 is 0 Å². The maximum Gasteiger partial charge on any atom is 0.254 e. The predicted molar refractivity (Wildman–Crippen MR) is 89.9 cm³/mol. The highest BCUT2D eigenvalue weighted by atomic mass is 16.1. The van der Waals surface area contributed by atoms with E-state index in [1.165, 1.54) is 0 Å². The summed E-state index contributed by atoms with van der Waals surface area (Å²) in [6.07, 6.45) is 7.11. The first kappa shape index (κ1) is 14.2. The number of benzene rings is 1. The molecule has 0 aliphatic rings. The highest BCUT2D eigenvalue weighted by Gasteiger charge is 2.10. The number of rotatable bonds is 4. The lowest BCUT2D eigenvalue weighted by Crippen LogP contribution is -2.22. The summed E-state index contributed by atoms with van der Waals surface area (Å²) in [5.41, 5.74) is 3.10. The van der Waals surface area contributed by atoms with Gasteiger partial charge in [0.05, 0.1) is 29.7 Å². The van der Waals surface area contributed by atoms with Gasteiger partial charge in [0, 0.05) is 18.6 Å². The van der Waals surface area contributed by atoms with Gasteiger partial charge >= 0.3 is 0 Å². The lowest BCUT2D eigenvalue weighted by Gasteiger charge is -2.01. The number of hydrogen-bond donors (Lipinski definition) is 1. The number of nitrogens with one attached hydrogen (secondary N) is 1. The van der Waals surface area contributed by atoms with E-state index < -0.39 is 0 Å². The van der Waals surface area contributed by atoms with E-state index in [1.54, 1.807) is 17.1 Å². The van der Waals surface area contributed by atoms with Gasteiger partial charge in [-0.1, -0.05) is 24.3 Å². The van der Waals surface area contributed by atoms with Crippen molar-refractivity contribution >= 4 is 11.6 Å². The molecule has 6 heteroatoms. The third-order valence-corrected chi connectivity index (χ3v) is 3.71. The maximum absolute atomic E-state index is 12.3. The number of amides is 1. The molecule has 1 N–H and O–H groups in total. The van der Waals surface area contributed by atoms with E-state index in [9.17, 15) is 4.79 Å². The molecule has 1 amide bonds. The number of fused-ring (bicyclic) bond motifs is 1. The number of imidazole rings is 1. The number of carbonyl (C=O) groups is 1. The van der Waals surface area contributed by atoms with E-state index in [4.69, 9.17) is 0 Å². The van der Waals surface area contributed by atoms with Crippen molar-refractivity contribution in [1.29, 1.82) is 0 Å². The Morgan fingerprint density at radius 1 is 1.04 bits per heavy atom. The molecular weight excluding hydrogens is 302 g/mol. The molecule has 0 atom stereocenters. The summed E-state index contributed by atoms with van der Waals surface area (Å²) >= 11 is 0. The zero-order valence-electron chi connectivity index (χ0n) is 12.8. The zero-order chi connectivity index (χ0) is 16.4. The maximum atomic E-state index is 12.3. The van der Waals surface area contributed by atoms with Gasteiger partial charge in [0.2, 0.25) is 0 Å². The Labute approximate surface area is 138 Å². The lowest BCUT2D eigenvalue weighted by atomic mass is 10.3. The molecule has 24 heavy (non-hydrogen) atoms. The summed E-state index contributed by atoms with van der Waals surface area (Å²) in [7, 11) is 0. The Balaban J connectivity index is 1.45. The van der Waals surface area contributed by atoms with Gasteiger partial charge in [-0.05, 0) is 24.3 Å². The van der Waals surface area contributed by atoms with Crippen molar-refractivity contribution in [1.82, 2.24) is 24.5 Å². The quantitative estimate of drug-likeness (QED) is 0.629. The number of hydrogen-bond acceptors (Lipinski definition) is 3. The second kappa shape index (κ2) is 6.00. The molecule has 3 aromatic heterocycles. The zero-order valence-corrected chi connectivity index (χ0v) is 12.8. The summed E-state index contributed by atoms with van der Waals surface area (Å²) in [4.78, 5) is 16.7. The van der Waals surface area contributed by atoms with Crippen LogP contribution in [0, 0.1) is 0 Å². The Kier molecular flexibility index (Phi) is 3.55. The minimum atomic E-state index is -0.172. The number of nitrogens with zero attached hydrogens (tertiary/aromatic N) is 4. The SMILES string of the molecule is O=C(NCc1cn2ccccc2n1)c1cnn(-c2ccccc2)c1. The minimum Gasteiger partial charge on any atom is -0.346 e. The molecule has 1 aromatic carbocycles. The largest absolute Gasteiger partial charge is 0.346 e. The highest BCUT2D eigenvalue weighted by Crippen LogP contribution is 2.08. The fraction of sp³-hybridized carbons (Fsp3) is 0.0556. The lowest BCUT2D eigenvalue weighted by molar-refractivity contribution is 0.0950. The van der Waals surface area contributed by atoms with Crippen LogP contribution in [0.1, 0.15) is 16.1 Å². The van der Waals surface area contributed by atoms with Crippen LogP contribution in [0.3, 0.4) is 0 Å². The van der Waals surface area contributed by atoms with Crippen molar-refractivity contribution < 1.29 is 4.79 Å². The summed E-state index contributed by atoms with van der Waals surface area (Å²) < 4.78 is 3.61. The fourth-order valence-electron chi connectivity index (χ4n) is 2.51. The van der Waals surface area contributed by atoms with Gasteiger partial charge in [0.1, 0.15) is 5.65 Å². The average Bonchev–Trinajstić information content (AvgIpc) is 3.27. The molecule has 4 aromatic rings. The van der Waals surface area contributed by atoms with E-state index in [0.29, 0.717) is 12.1 Å². The van der Waals surface area contributed by atoms with Crippen molar-refractivity contribution in [2.45, 2.75) is 6.54 Å². The van der Waals surface area contributed by atoms with Crippen LogP contribution in [0.2, 0.25) is 0 Å². The summed E-state index contributed by atoms with van der Waals surface area (Å²) in [6.45, 7) is 0.372. The topological polar surface area (TPSA) is 64.2 Å². The number of para-hydroxylation sites is 1. The summed E-state index contributed by atoms with van der Waals surface area (Å²) in [5.74, 6) is -0.172. The first-order valence-electron chi connectivity index (χ1n) is 7.60. The van der Waals surface area contributed by atoms with Crippen LogP contribution in [0.5, 0.6) is 0 Å². The fourth-order valence-corrected chi connectivity index (χ4v) is 2.51. The molecule has 0 aliphatic heterocycles. The average molecular weight is 317 g/mol. The second-order valence-electron chi connectivity index (χ2n) is 5.39. The molecule has 6 nitrogen and oxygen atoms in total. The van der Waals surface area contributed by atoms with Gasteiger partial charge in [-0.3, -0.25) is 4.79 Å². The van der Waals surface area contributed by atoms with E-state index >= 15 is 0 Å². The molecule has 0 aliphatic carbocycles. The molecule has 0 spiro atoms. The van der Waals surface area contributed by atoms with Crippen molar-refractivity contribution in [2.75, 3.05) is 0 Å². The number of carbonyl (C=O) groups excluding carboxylic acids is 1. The van der Waals surface area contributed by atoms with E-state index in [0.717, 1.165) is 17.0 Å². The Bertz CT molecular complexity index is 954. The van der Waals surface area contributed by atoms with Crippen molar-refractivity contribution in [2.24, 2.45) is 0 Å². The number of pyridine rings is 1. The standard InChI is InChI=1S/C18H15N5O/c24-18(14-10-20-23(12-14)16-6-2-1-3-7-16)19-11-15-13-22-9-5-4-8-17(22)21-15/h1-10,12-13H,11H2,(H,19,24). The van der Waals surface area contributed by atoms with E-state index in [-0.39, 0.29) is 5.91 Å². The Morgan fingerprint density at radius 3 is 2.71 bits per heavy atom. The van der Waals surface area contributed by atoms with Crippen LogP contribution in [-0.2, 0) is 6.54 Å². The molecule has 0 unspecified atom stereocenters. The minimum absolute atomic E-state index is 0.172. The predicted octanol–water partition coefficient (Wildman–Crippen LogP) is 2.45. The molecule has 0 saturated heterocycles. The molecule has 118 valence electrons. The Morgan fingerprint density at radius 2 is 1.88 bits per heavy atom. The van der Waals surface area contributed by atoms with Gasteiger partial charge in [-0.2, -0.15) is 5.10 Å². The molecule has 0 bridgehead atoms. The van der Waals surface area contributed by atoms with Crippen LogP contribution in [0.4, 0.5) is 0 Å². The molecule has 4 rings (SSSR count). The second-order valence-corrected chi connectivity index (χ2v) is 5.39. The molecule has 0 radical (unpaired) electrons. The van der Waals surface area contributed by atoms with Crippen LogP contribution in [0.15, 0.2) is 73.3 Å². The van der Waals surface area contributed by atoms with Gasteiger partial charge in [-0.25, -0.2) is 9.67 Å². The van der Waals surface area contributed by atoms with Gasteiger partial charge in [-0.15, -0.1) is 0 Å². The summed E-state index contributed by atoms with van der Waals surface area (Å²) in [6, 6.07) is 15.5. The summed E-state index contributed by atoms with van der Waals surface area (Å²) in [5, 5.41) is 7.11. The monoisotopic (exact) mass is 317 g/mol. The molecule has 0 saturated carbocycles. The smallest absolute Gasteiger partial charge is 0.254 e. The van der Waals surface area contributed by atoms with Gasteiger partial charge in [0.15, 0.2) is 0 Å². The first-order chi connectivity index (χ1) is 11.8. The molecule has 0 fully saturated rings. The Hall–Kier alpha value is -3.41. The normalized spacial score (nSPS) is 10.8. The third-order valence-electron chi connectivity index (χ3n) is 3.71. The molecular formula is C18H15N5O. The van der Waals surface area contributed by atoms with Crippen LogP contribution < -0.4 is 5.32 Å². The van der Waals surface area contributed by atoms with Gasteiger partial charge < -0.3 is 9.72 Å².